The summed E-state index contributed by atoms with van der Waals surface area (Å²) in [4.78, 5) is 17.4. The van der Waals surface area contributed by atoms with Gasteiger partial charge in [0.25, 0.3) is 0 Å². The van der Waals surface area contributed by atoms with Crippen LogP contribution >= 0.6 is 11.3 Å². The standard InChI is InChI=1S/C16H15F3N2OS/c17-16(18,19)10-21(9-14-20-6-7-23-14)15(22)13-8-12(13)11-4-2-1-3-5-11/h1-7,12-13H,8-10H2/t12-,13-/m0/s1. The first-order chi connectivity index (χ1) is 10.9. The SMILES string of the molecule is O=C([C@H]1C[C@H]1c1ccccc1)N(Cc1nccs1)CC(F)(F)F. The number of alkyl halides is 3. The van der Waals surface area contributed by atoms with E-state index >= 15 is 0 Å². The summed E-state index contributed by atoms with van der Waals surface area (Å²) in [5, 5.41) is 2.20. The molecule has 7 heteroatoms. The highest BCUT2D eigenvalue weighted by Gasteiger charge is 2.47. The zero-order valence-corrected chi connectivity index (χ0v) is 13.0. The van der Waals surface area contributed by atoms with Crippen molar-refractivity contribution in [1.82, 2.24) is 9.88 Å². The van der Waals surface area contributed by atoms with Gasteiger partial charge in [-0.2, -0.15) is 13.2 Å². The van der Waals surface area contributed by atoms with E-state index in [1.54, 1.807) is 5.38 Å². The van der Waals surface area contributed by atoms with Crippen LogP contribution in [0.4, 0.5) is 13.2 Å². The molecule has 0 N–H and O–H groups in total. The topological polar surface area (TPSA) is 33.2 Å². The molecule has 0 spiro atoms. The van der Waals surface area contributed by atoms with Crippen LogP contribution in [0.2, 0.25) is 0 Å². The number of amides is 1. The molecule has 3 rings (SSSR count). The van der Waals surface area contributed by atoms with Crippen LogP contribution in [0.3, 0.4) is 0 Å². The summed E-state index contributed by atoms with van der Waals surface area (Å²) in [5.74, 6) is -0.776. The summed E-state index contributed by atoms with van der Waals surface area (Å²) in [6.45, 7) is -1.32. The van der Waals surface area contributed by atoms with Gasteiger partial charge in [-0.1, -0.05) is 30.3 Å². The molecule has 1 heterocycles. The summed E-state index contributed by atoms with van der Waals surface area (Å²) >= 11 is 1.25. The van der Waals surface area contributed by atoms with Crippen molar-refractivity contribution < 1.29 is 18.0 Å². The maximum atomic E-state index is 12.8. The second kappa shape index (κ2) is 6.31. The average molecular weight is 340 g/mol. The highest BCUT2D eigenvalue weighted by molar-refractivity contribution is 7.09. The van der Waals surface area contributed by atoms with Crippen molar-refractivity contribution in [3.05, 3.63) is 52.5 Å². The van der Waals surface area contributed by atoms with Gasteiger partial charge >= 0.3 is 6.18 Å². The number of nitrogens with zero attached hydrogens (tertiary/aromatic N) is 2. The smallest absolute Gasteiger partial charge is 0.327 e. The van der Waals surface area contributed by atoms with Gasteiger partial charge in [-0.25, -0.2) is 4.98 Å². The Kier molecular flexibility index (Phi) is 4.39. The molecule has 1 aliphatic rings. The first-order valence-corrected chi connectivity index (χ1v) is 8.11. The number of thiazole rings is 1. The van der Waals surface area contributed by atoms with Crippen LogP contribution in [0.1, 0.15) is 22.9 Å². The molecule has 1 aliphatic carbocycles. The molecule has 1 amide bonds. The van der Waals surface area contributed by atoms with E-state index < -0.39 is 18.6 Å². The number of carbonyl (C=O) groups is 1. The number of aromatic nitrogens is 1. The highest BCUT2D eigenvalue weighted by atomic mass is 32.1. The largest absolute Gasteiger partial charge is 0.406 e. The van der Waals surface area contributed by atoms with Crippen LogP contribution in [-0.2, 0) is 11.3 Å². The minimum atomic E-state index is -4.41. The van der Waals surface area contributed by atoms with Gasteiger partial charge in [-0.15, -0.1) is 11.3 Å². The number of carbonyl (C=O) groups excluding carboxylic acids is 1. The Balaban J connectivity index is 1.71. The Hall–Kier alpha value is -1.89. The highest BCUT2D eigenvalue weighted by Crippen LogP contribution is 2.48. The molecule has 1 saturated carbocycles. The first-order valence-electron chi connectivity index (χ1n) is 7.23. The third-order valence-electron chi connectivity index (χ3n) is 3.83. The van der Waals surface area contributed by atoms with Crippen LogP contribution in [0.5, 0.6) is 0 Å². The summed E-state index contributed by atoms with van der Waals surface area (Å²) in [6, 6.07) is 9.44. The fourth-order valence-electron chi connectivity index (χ4n) is 2.69. The number of halogens is 3. The lowest BCUT2D eigenvalue weighted by molar-refractivity contribution is -0.163. The minimum absolute atomic E-state index is 0.0238. The number of hydrogen-bond acceptors (Lipinski definition) is 3. The van der Waals surface area contributed by atoms with Crippen molar-refractivity contribution in [3.63, 3.8) is 0 Å². The first kappa shape index (κ1) is 16.0. The summed E-state index contributed by atoms with van der Waals surface area (Å²) in [7, 11) is 0. The van der Waals surface area contributed by atoms with E-state index in [2.05, 4.69) is 4.98 Å². The second-order valence-corrected chi connectivity index (χ2v) is 6.57. The van der Waals surface area contributed by atoms with Gasteiger partial charge in [0, 0.05) is 17.5 Å². The third kappa shape index (κ3) is 4.10. The Morgan fingerprint density at radius 1 is 1.30 bits per heavy atom. The predicted octanol–water partition coefficient (Wildman–Crippen LogP) is 3.84. The Bertz CT molecular complexity index is 658. The Labute approximate surface area is 135 Å². The van der Waals surface area contributed by atoms with E-state index in [1.807, 2.05) is 30.3 Å². The van der Waals surface area contributed by atoms with Gasteiger partial charge in [0.05, 0.1) is 6.54 Å². The maximum absolute atomic E-state index is 12.8. The normalized spacial score (nSPS) is 20.3. The molecule has 0 aliphatic heterocycles. The van der Waals surface area contributed by atoms with Crippen LogP contribution in [0.25, 0.3) is 0 Å². The molecule has 23 heavy (non-hydrogen) atoms. The van der Waals surface area contributed by atoms with Crippen LogP contribution in [-0.4, -0.2) is 28.5 Å². The lowest BCUT2D eigenvalue weighted by Crippen LogP contribution is -2.39. The van der Waals surface area contributed by atoms with Crippen LogP contribution < -0.4 is 0 Å². The van der Waals surface area contributed by atoms with Crippen molar-refractivity contribution in [2.24, 2.45) is 5.92 Å². The fourth-order valence-corrected chi connectivity index (χ4v) is 3.32. The van der Waals surface area contributed by atoms with Crippen LogP contribution in [0, 0.1) is 5.92 Å². The molecule has 1 fully saturated rings. The third-order valence-corrected chi connectivity index (χ3v) is 4.59. The van der Waals surface area contributed by atoms with Crippen molar-refractivity contribution in [2.75, 3.05) is 6.54 Å². The second-order valence-electron chi connectivity index (χ2n) is 5.59. The van der Waals surface area contributed by atoms with Crippen molar-refractivity contribution in [2.45, 2.75) is 25.1 Å². The molecular formula is C16H15F3N2OS. The number of benzene rings is 1. The molecule has 2 atom stereocenters. The average Bonchev–Trinajstić information content (AvgIpc) is 3.15. The monoisotopic (exact) mass is 340 g/mol. The predicted molar refractivity (Wildman–Crippen MR) is 80.9 cm³/mol. The summed E-state index contributed by atoms with van der Waals surface area (Å²) < 4.78 is 38.4. The van der Waals surface area contributed by atoms with E-state index in [0.717, 1.165) is 10.5 Å². The van der Waals surface area contributed by atoms with Crippen molar-refractivity contribution in [3.8, 4) is 0 Å². The zero-order chi connectivity index (χ0) is 16.4. The van der Waals surface area contributed by atoms with Gasteiger partial charge in [0.15, 0.2) is 0 Å². The summed E-state index contributed by atoms with van der Waals surface area (Å²) in [6.07, 6.45) is -2.28. The number of rotatable bonds is 5. The molecule has 0 unspecified atom stereocenters. The van der Waals surface area contributed by atoms with Crippen molar-refractivity contribution >= 4 is 17.2 Å². The molecule has 1 aromatic carbocycles. The van der Waals surface area contributed by atoms with Crippen LogP contribution in [0.15, 0.2) is 41.9 Å². The number of hydrogen-bond donors (Lipinski definition) is 0. The van der Waals surface area contributed by atoms with E-state index in [1.165, 1.54) is 17.5 Å². The van der Waals surface area contributed by atoms with E-state index in [4.69, 9.17) is 0 Å². The molecule has 0 saturated heterocycles. The lowest BCUT2D eigenvalue weighted by Gasteiger charge is -2.23. The molecular weight excluding hydrogens is 325 g/mol. The van der Waals surface area contributed by atoms with Gasteiger partial charge in [-0.05, 0) is 17.9 Å². The Morgan fingerprint density at radius 2 is 2.04 bits per heavy atom. The van der Waals surface area contributed by atoms with Crippen molar-refractivity contribution in [1.29, 1.82) is 0 Å². The molecule has 1 aromatic heterocycles. The van der Waals surface area contributed by atoms with Gasteiger partial charge in [0.1, 0.15) is 11.6 Å². The Morgan fingerprint density at radius 3 is 2.65 bits per heavy atom. The molecule has 2 aromatic rings. The van der Waals surface area contributed by atoms with Gasteiger partial charge < -0.3 is 4.90 Å². The van der Waals surface area contributed by atoms with Gasteiger partial charge in [0.2, 0.25) is 5.91 Å². The zero-order valence-electron chi connectivity index (χ0n) is 12.2. The van der Waals surface area contributed by atoms with E-state index in [0.29, 0.717) is 11.4 Å². The minimum Gasteiger partial charge on any atom is -0.327 e. The van der Waals surface area contributed by atoms with E-state index in [-0.39, 0.29) is 18.4 Å². The van der Waals surface area contributed by atoms with E-state index in [9.17, 15) is 18.0 Å². The summed E-state index contributed by atoms with van der Waals surface area (Å²) in [5.41, 5.74) is 1.01. The molecule has 0 bridgehead atoms. The molecule has 122 valence electrons. The fraction of sp³-hybridized carbons (Fsp3) is 0.375. The molecule has 0 radical (unpaired) electrons. The lowest BCUT2D eigenvalue weighted by atomic mass is 10.1. The quantitative estimate of drug-likeness (QED) is 0.829. The van der Waals surface area contributed by atoms with Gasteiger partial charge in [-0.3, -0.25) is 4.79 Å². The maximum Gasteiger partial charge on any atom is 0.406 e. The molecule has 3 nitrogen and oxygen atoms in total.